The van der Waals surface area contributed by atoms with Crippen LogP contribution in [0.2, 0.25) is 0 Å². The molecule has 3 heterocycles. The number of hydrogen-bond acceptors (Lipinski definition) is 6. The van der Waals surface area contributed by atoms with E-state index < -0.39 is 5.38 Å². The zero-order chi connectivity index (χ0) is 19.5. The van der Waals surface area contributed by atoms with Gasteiger partial charge in [-0.3, -0.25) is 4.79 Å². The number of halogens is 1. The van der Waals surface area contributed by atoms with E-state index in [9.17, 15) is 4.79 Å². The Labute approximate surface area is 169 Å². The lowest BCUT2D eigenvalue weighted by Gasteiger charge is -2.21. The van der Waals surface area contributed by atoms with Crippen molar-refractivity contribution in [1.29, 1.82) is 0 Å². The molecule has 1 unspecified atom stereocenters. The highest BCUT2D eigenvalue weighted by Gasteiger charge is 2.33. The first-order chi connectivity index (χ1) is 13.7. The molecular formula is C21H23ClN2O4. The molecule has 1 aromatic heterocycles. The molecule has 2 aromatic rings. The highest BCUT2D eigenvalue weighted by molar-refractivity contribution is 6.55. The van der Waals surface area contributed by atoms with Gasteiger partial charge in [0.1, 0.15) is 5.38 Å². The minimum atomic E-state index is -0.842. The minimum Gasteiger partial charge on any atom is -0.493 e. The van der Waals surface area contributed by atoms with Crippen molar-refractivity contribution in [2.75, 3.05) is 33.4 Å². The molecule has 6 nitrogen and oxygen atoms in total. The van der Waals surface area contributed by atoms with Gasteiger partial charge < -0.3 is 18.8 Å². The Balaban J connectivity index is 1.54. The van der Waals surface area contributed by atoms with Crippen LogP contribution in [0.25, 0.3) is 0 Å². The van der Waals surface area contributed by atoms with E-state index in [1.807, 2.05) is 0 Å². The van der Waals surface area contributed by atoms with Crippen molar-refractivity contribution in [2.24, 2.45) is 4.99 Å². The van der Waals surface area contributed by atoms with Gasteiger partial charge >= 0.3 is 0 Å². The van der Waals surface area contributed by atoms with Crippen LogP contribution < -0.4 is 9.47 Å². The van der Waals surface area contributed by atoms with E-state index in [1.54, 1.807) is 31.4 Å². The maximum absolute atomic E-state index is 12.6. The van der Waals surface area contributed by atoms with Crippen molar-refractivity contribution in [3.05, 3.63) is 41.9 Å². The molecule has 148 valence electrons. The van der Waals surface area contributed by atoms with Crippen LogP contribution in [-0.2, 0) is 4.79 Å². The topological polar surface area (TPSA) is 64.3 Å². The Morgan fingerprint density at radius 1 is 1.29 bits per heavy atom. The predicted molar refractivity (Wildman–Crippen MR) is 107 cm³/mol. The highest BCUT2D eigenvalue weighted by Crippen LogP contribution is 2.43. The van der Waals surface area contributed by atoms with Crippen molar-refractivity contribution < 1.29 is 18.7 Å². The van der Waals surface area contributed by atoms with E-state index in [2.05, 4.69) is 9.89 Å². The summed E-state index contributed by atoms with van der Waals surface area (Å²) >= 11 is 6.42. The first-order valence-electron chi connectivity index (χ1n) is 9.55. The summed E-state index contributed by atoms with van der Waals surface area (Å²) in [5.41, 5.74) is 1.44. The number of alkyl halides is 1. The maximum atomic E-state index is 12.6. The molecule has 1 atom stereocenters. The molecule has 1 aromatic carbocycles. The molecule has 2 aliphatic rings. The van der Waals surface area contributed by atoms with Crippen LogP contribution in [0.4, 0.5) is 5.69 Å². The van der Waals surface area contributed by atoms with Gasteiger partial charge in [0.25, 0.3) is 0 Å². The van der Waals surface area contributed by atoms with E-state index in [1.165, 1.54) is 32.2 Å². The van der Waals surface area contributed by atoms with Gasteiger partial charge in [-0.25, -0.2) is 4.99 Å². The van der Waals surface area contributed by atoms with E-state index in [4.69, 9.17) is 25.5 Å². The van der Waals surface area contributed by atoms with Crippen LogP contribution in [-0.4, -0.2) is 49.7 Å². The number of fused-ring (bicyclic) bond motifs is 1. The molecule has 1 saturated heterocycles. The van der Waals surface area contributed by atoms with E-state index >= 15 is 0 Å². The number of benzene rings is 1. The summed E-state index contributed by atoms with van der Waals surface area (Å²) < 4.78 is 16.8. The normalized spacial score (nSPS) is 19.4. The number of carbonyl (C=O) groups is 1. The van der Waals surface area contributed by atoms with Crippen LogP contribution >= 0.6 is 11.6 Å². The molecule has 0 amide bonds. The smallest absolute Gasteiger partial charge is 0.207 e. The number of rotatable bonds is 7. The molecule has 0 spiro atoms. The number of hydrogen-bond donors (Lipinski definition) is 0. The number of carbonyl (C=O) groups excluding carboxylic acids is 1. The average Bonchev–Trinajstić information content (AvgIpc) is 3.41. The fourth-order valence-electron chi connectivity index (χ4n) is 3.64. The molecule has 0 bridgehead atoms. The Kier molecular flexibility index (Phi) is 5.69. The van der Waals surface area contributed by atoms with Crippen molar-refractivity contribution in [3.8, 4) is 11.5 Å². The molecule has 0 N–H and O–H groups in total. The summed E-state index contributed by atoms with van der Waals surface area (Å²) in [7, 11) is 1.57. The van der Waals surface area contributed by atoms with Gasteiger partial charge in [0.2, 0.25) is 5.78 Å². The fraction of sp³-hybridized carbons (Fsp3) is 0.429. The van der Waals surface area contributed by atoms with Crippen molar-refractivity contribution >= 4 is 28.8 Å². The molecule has 7 heteroatoms. The number of likely N-dealkylation sites (tertiary alicyclic amines) is 1. The van der Waals surface area contributed by atoms with E-state index in [0.717, 1.165) is 13.0 Å². The molecule has 2 aliphatic heterocycles. The van der Waals surface area contributed by atoms with Crippen LogP contribution in [0.15, 0.2) is 39.9 Å². The number of Topliss-reactive ketones (excluding diaryl/α,β-unsaturated/α-hetero) is 1. The minimum absolute atomic E-state index is 0.225. The Bertz CT molecular complexity index is 873. The third-order valence-electron chi connectivity index (χ3n) is 5.11. The molecule has 0 aliphatic carbocycles. The van der Waals surface area contributed by atoms with E-state index in [-0.39, 0.29) is 11.5 Å². The van der Waals surface area contributed by atoms with Gasteiger partial charge in [-0.05, 0) is 50.6 Å². The Morgan fingerprint density at radius 2 is 2.11 bits per heavy atom. The number of methoxy groups -OCH3 is 1. The van der Waals surface area contributed by atoms with Gasteiger partial charge in [0.05, 0.1) is 25.7 Å². The largest absolute Gasteiger partial charge is 0.493 e. The Hall–Kier alpha value is -2.31. The molecule has 28 heavy (non-hydrogen) atoms. The summed E-state index contributed by atoms with van der Waals surface area (Å²) in [6.45, 7) is 3.98. The van der Waals surface area contributed by atoms with Gasteiger partial charge in [-0.15, -0.1) is 11.6 Å². The number of ketones is 1. The lowest BCUT2D eigenvalue weighted by atomic mass is 9.98. The fourth-order valence-corrected chi connectivity index (χ4v) is 3.92. The standard InChI is InChI=1S/C21H23ClN2O4/c1-26-17-12-14-15(13-18(17)28-11-5-9-24-7-2-3-8-24)23-20(21(25)19(14)22)16-6-4-10-27-16/h4,6,10,12-13,19H,2-3,5,7-9,11H2,1H3. The number of furan rings is 1. The zero-order valence-electron chi connectivity index (χ0n) is 15.8. The second-order valence-corrected chi connectivity index (χ2v) is 7.41. The predicted octanol–water partition coefficient (Wildman–Crippen LogP) is 4.14. The number of aliphatic imine (C=N–C) groups is 1. The highest BCUT2D eigenvalue weighted by atomic mass is 35.5. The van der Waals surface area contributed by atoms with Crippen LogP contribution in [0.5, 0.6) is 11.5 Å². The zero-order valence-corrected chi connectivity index (χ0v) is 16.6. The monoisotopic (exact) mass is 402 g/mol. The SMILES string of the molecule is COc1cc2c(cc1OCCCN1CCCC1)N=C(c1ccco1)C(=O)C2Cl. The second kappa shape index (κ2) is 8.37. The second-order valence-electron chi connectivity index (χ2n) is 6.98. The molecule has 0 saturated carbocycles. The lowest BCUT2D eigenvalue weighted by Crippen LogP contribution is -2.23. The van der Waals surface area contributed by atoms with Crippen molar-refractivity contribution in [2.45, 2.75) is 24.6 Å². The first-order valence-corrected chi connectivity index (χ1v) is 9.99. The Morgan fingerprint density at radius 3 is 2.82 bits per heavy atom. The number of nitrogens with zero attached hydrogens (tertiary/aromatic N) is 2. The average molecular weight is 403 g/mol. The molecular weight excluding hydrogens is 380 g/mol. The molecule has 1 fully saturated rings. The summed E-state index contributed by atoms with van der Waals surface area (Å²) in [5.74, 6) is 1.27. The third-order valence-corrected chi connectivity index (χ3v) is 5.54. The van der Waals surface area contributed by atoms with E-state index in [0.29, 0.717) is 35.1 Å². The summed E-state index contributed by atoms with van der Waals surface area (Å²) in [6, 6.07) is 6.94. The molecule has 4 rings (SSSR count). The van der Waals surface area contributed by atoms with Crippen LogP contribution in [0.3, 0.4) is 0 Å². The van der Waals surface area contributed by atoms with Gasteiger partial charge in [0, 0.05) is 18.2 Å². The lowest BCUT2D eigenvalue weighted by molar-refractivity contribution is -0.112. The molecule has 0 radical (unpaired) electrons. The van der Waals surface area contributed by atoms with Gasteiger partial charge in [-0.2, -0.15) is 0 Å². The maximum Gasteiger partial charge on any atom is 0.207 e. The van der Waals surface area contributed by atoms with Crippen LogP contribution in [0.1, 0.15) is 36.0 Å². The van der Waals surface area contributed by atoms with Crippen molar-refractivity contribution in [3.63, 3.8) is 0 Å². The number of ether oxygens (including phenoxy) is 2. The van der Waals surface area contributed by atoms with Gasteiger partial charge in [-0.1, -0.05) is 0 Å². The third kappa shape index (κ3) is 3.80. The summed E-state index contributed by atoms with van der Waals surface area (Å²) in [4.78, 5) is 19.6. The van der Waals surface area contributed by atoms with Gasteiger partial charge in [0.15, 0.2) is 23.0 Å². The van der Waals surface area contributed by atoms with Crippen molar-refractivity contribution in [1.82, 2.24) is 4.90 Å². The van der Waals surface area contributed by atoms with Crippen LogP contribution in [0, 0.1) is 0 Å². The summed E-state index contributed by atoms with van der Waals surface area (Å²) in [6.07, 6.45) is 5.02. The quantitative estimate of drug-likeness (QED) is 0.514. The summed E-state index contributed by atoms with van der Waals surface area (Å²) in [5, 5.41) is -0.842. The first kappa shape index (κ1) is 19.0.